The Morgan fingerprint density at radius 2 is 1.55 bits per heavy atom. The van der Waals surface area contributed by atoms with Gasteiger partial charge in [-0.2, -0.15) is 0 Å². The van der Waals surface area contributed by atoms with Crippen LogP contribution in [0.15, 0.2) is 18.2 Å². The van der Waals surface area contributed by atoms with Gasteiger partial charge < -0.3 is 14.2 Å². The third kappa shape index (κ3) is 6.16. The molecule has 2 saturated carbocycles. The van der Waals surface area contributed by atoms with E-state index < -0.39 is 0 Å². The first-order valence-corrected chi connectivity index (χ1v) is 11.8. The summed E-state index contributed by atoms with van der Waals surface area (Å²) in [5.41, 5.74) is 0.949. The van der Waals surface area contributed by atoms with Gasteiger partial charge in [0.1, 0.15) is 5.82 Å². The molecule has 1 saturated heterocycles. The standard InChI is InChI=1S/C24H34ClFO3/c25-22-15-18(3-11-23(22)26)16-29-21-9-7-20(8-10-21)19-5-1-17(2-6-19)4-12-24-27-13-14-28-24/h3,11,15,17,19-21,24H,1-2,4-10,12-14,16H2/t17-,19-,20-,21-. The van der Waals surface area contributed by atoms with Crippen molar-refractivity contribution in [1.82, 2.24) is 0 Å². The fraction of sp³-hybridized carbons (Fsp3) is 0.750. The van der Waals surface area contributed by atoms with Gasteiger partial charge in [-0.15, -0.1) is 0 Å². The summed E-state index contributed by atoms with van der Waals surface area (Å²) in [6, 6.07) is 4.85. The van der Waals surface area contributed by atoms with Gasteiger partial charge in [0, 0.05) is 0 Å². The zero-order valence-corrected chi connectivity index (χ0v) is 18.0. The molecule has 0 atom stereocenters. The monoisotopic (exact) mass is 424 g/mol. The van der Waals surface area contributed by atoms with E-state index in [4.69, 9.17) is 25.8 Å². The fourth-order valence-corrected chi connectivity index (χ4v) is 5.67. The summed E-state index contributed by atoms with van der Waals surface area (Å²) in [7, 11) is 0. The highest BCUT2D eigenvalue weighted by Gasteiger charge is 2.31. The molecule has 1 aromatic rings. The molecule has 0 N–H and O–H groups in total. The van der Waals surface area contributed by atoms with E-state index in [-0.39, 0.29) is 17.1 Å². The van der Waals surface area contributed by atoms with E-state index in [0.29, 0.717) is 12.7 Å². The van der Waals surface area contributed by atoms with Gasteiger partial charge >= 0.3 is 0 Å². The van der Waals surface area contributed by atoms with Crippen molar-refractivity contribution in [3.05, 3.63) is 34.6 Å². The molecular weight excluding hydrogens is 391 g/mol. The van der Waals surface area contributed by atoms with Gasteiger partial charge in [0.2, 0.25) is 0 Å². The molecule has 0 aromatic heterocycles. The van der Waals surface area contributed by atoms with Crippen LogP contribution < -0.4 is 0 Å². The van der Waals surface area contributed by atoms with E-state index in [1.807, 2.05) is 0 Å². The van der Waals surface area contributed by atoms with Crippen molar-refractivity contribution in [2.24, 2.45) is 17.8 Å². The molecule has 5 heteroatoms. The average molecular weight is 425 g/mol. The topological polar surface area (TPSA) is 27.7 Å². The maximum Gasteiger partial charge on any atom is 0.157 e. The van der Waals surface area contributed by atoms with Gasteiger partial charge in [-0.3, -0.25) is 0 Å². The van der Waals surface area contributed by atoms with Crippen molar-refractivity contribution in [3.63, 3.8) is 0 Å². The fourth-order valence-electron chi connectivity index (χ4n) is 5.46. The summed E-state index contributed by atoms with van der Waals surface area (Å²) in [4.78, 5) is 0. The van der Waals surface area contributed by atoms with Crippen LogP contribution in [0.4, 0.5) is 4.39 Å². The number of halogens is 2. The van der Waals surface area contributed by atoms with Crippen LogP contribution in [0.25, 0.3) is 0 Å². The lowest BCUT2D eigenvalue weighted by Gasteiger charge is -2.38. The Hall–Kier alpha value is -0.680. The summed E-state index contributed by atoms with van der Waals surface area (Å²) < 4.78 is 30.5. The molecule has 29 heavy (non-hydrogen) atoms. The van der Waals surface area contributed by atoms with Crippen LogP contribution in [0.3, 0.4) is 0 Å². The molecule has 4 rings (SSSR count). The van der Waals surface area contributed by atoms with Gasteiger partial charge in [0.05, 0.1) is 30.9 Å². The summed E-state index contributed by atoms with van der Waals surface area (Å²) >= 11 is 5.86. The SMILES string of the molecule is Fc1ccc(CO[C@H]2CC[C@H]([C@H]3CC[C@H](CCC4OCCO4)CC3)CC2)cc1Cl. The Balaban J connectivity index is 1.12. The zero-order chi connectivity index (χ0) is 20.1. The average Bonchev–Trinajstić information content (AvgIpc) is 3.28. The first-order chi connectivity index (χ1) is 14.2. The van der Waals surface area contributed by atoms with Crippen LogP contribution in [0.5, 0.6) is 0 Å². The molecule has 1 aliphatic heterocycles. The minimum Gasteiger partial charge on any atom is -0.374 e. The Morgan fingerprint density at radius 3 is 2.21 bits per heavy atom. The Kier molecular flexibility index (Phi) is 7.85. The normalized spacial score (nSPS) is 31.2. The van der Waals surface area contributed by atoms with Crippen LogP contribution in [-0.2, 0) is 20.8 Å². The molecule has 0 bridgehead atoms. The molecular formula is C24H34ClFO3. The van der Waals surface area contributed by atoms with E-state index in [0.717, 1.165) is 55.8 Å². The van der Waals surface area contributed by atoms with Crippen LogP contribution in [0.2, 0.25) is 5.02 Å². The van der Waals surface area contributed by atoms with Crippen LogP contribution >= 0.6 is 11.6 Å². The largest absolute Gasteiger partial charge is 0.374 e. The van der Waals surface area contributed by atoms with E-state index in [1.54, 1.807) is 12.1 Å². The zero-order valence-electron chi connectivity index (χ0n) is 17.3. The lowest BCUT2D eigenvalue weighted by atomic mass is 9.70. The highest BCUT2D eigenvalue weighted by Crippen LogP contribution is 2.41. The minimum absolute atomic E-state index is 0.0638. The summed E-state index contributed by atoms with van der Waals surface area (Å²) in [6.45, 7) is 2.05. The molecule has 2 aliphatic carbocycles. The Labute approximate surface area is 179 Å². The van der Waals surface area contributed by atoms with E-state index >= 15 is 0 Å². The summed E-state index contributed by atoms with van der Waals surface area (Å²) in [5.74, 6) is 2.27. The molecule has 1 aromatic carbocycles. The van der Waals surface area contributed by atoms with Crippen molar-refractivity contribution in [3.8, 4) is 0 Å². The molecule has 3 nitrogen and oxygen atoms in total. The van der Waals surface area contributed by atoms with E-state index in [1.165, 1.54) is 51.0 Å². The van der Waals surface area contributed by atoms with Crippen molar-refractivity contribution in [2.75, 3.05) is 13.2 Å². The molecule has 1 heterocycles. The lowest BCUT2D eigenvalue weighted by Crippen LogP contribution is -2.28. The van der Waals surface area contributed by atoms with E-state index in [9.17, 15) is 4.39 Å². The molecule has 3 fully saturated rings. The third-order valence-corrected chi connectivity index (χ3v) is 7.54. The first-order valence-electron chi connectivity index (χ1n) is 11.5. The van der Waals surface area contributed by atoms with E-state index in [2.05, 4.69) is 0 Å². The highest BCUT2D eigenvalue weighted by atomic mass is 35.5. The Bertz CT molecular complexity index is 633. The second-order valence-electron chi connectivity index (χ2n) is 9.13. The van der Waals surface area contributed by atoms with Gasteiger partial charge in [0.15, 0.2) is 6.29 Å². The first kappa shape index (κ1) is 21.5. The predicted molar refractivity (Wildman–Crippen MR) is 112 cm³/mol. The van der Waals surface area contributed by atoms with Crippen molar-refractivity contribution < 1.29 is 18.6 Å². The van der Waals surface area contributed by atoms with Gasteiger partial charge in [0.25, 0.3) is 0 Å². The second kappa shape index (κ2) is 10.6. The van der Waals surface area contributed by atoms with Crippen LogP contribution in [0.1, 0.15) is 69.8 Å². The number of hydrogen-bond acceptors (Lipinski definition) is 3. The lowest BCUT2D eigenvalue weighted by molar-refractivity contribution is -0.0516. The number of rotatable bonds is 7. The van der Waals surface area contributed by atoms with Gasteiger partial charge in [-0.1, -0.05) is 30.5 Å². The van der Waals surface area contributed by atoms with Crippen LogP contribution in [-0.4, -0.2) is 25.6 Å². The summed E-state index contributed by atoms with van der Waals surface area (Å²) in [5, 5.41) is 0.175. The third-order valence-electron chi connectivity index (χ3n) is 7.25. The van der Waals surface area contributed by atoms with Gasteiger partial charge in [-0.05, 0) is 86.8 Å². The van der Waals surface area contributed by atoms with Crippen molar-refractivity contribution >= 4 is 11.6 Å². The molecule has 162 valence electrons. The smallest absolute Gasteiger partial charge is 0.157 e. The van der Waals surface area contributed by atoms with Crippen molar-refractivity contribution in [1.29, 1.82) is 0 Å². The highest BCUT2D eigenvalue weighted by molar-refractivity contribution is 6.30. The number of hydrogen-bond donors (Lipinski definition) is 0. The number of benzene rings is 1. The van der Waals surface area contributed by atoms with Crippen LogP contribution in [0, 0.1) is 23.6 Å². The minimum atomic E-state index is -0.370. The molecule has 0 radical (unpaired) electrons. The quantitative estimate of drug-likeness (QED) is 0.499. The molecule has 0 unspecified atom stereocenters. The second-order valence-corrected chi connectivity index (χ2v) is 9.53. The molecule has 0 spiro atoms. The number of ether oxygens (including phenoxy) is 3. The maximum atomic E-state index is 13.3. The summed E-state index contributed by atoms with van der Waals surface area (Å²) in [6.07, 6.45) is 13.1. The Morgan fingerprint density at radius 1 is 0.897 bits per heavy atom. The predicted octanol–water partition coefficient (Wildman–Crippen LogP) is 6.51. The molecule has 0 amide bonds. The van der Waals surface area contributed by atoms with Gasteiger partial charge in [-0.25, -0.2) is 4.39 Å². The molecule has 3 aliphatic rings. The van der Waals surface area contributed by atoms with Crippen molar-refractivity contribution in [2.45, 2.75) is 83.2 Å². The maximum absolute atomic E-state index is 13.3.